The topological polar surface area (TPSA) is 69.9 Å². The van der Waals surface area contributed by atoms with E-state index < -0.39 is 15.8 Å². The number of halogens is 6. The monoisotopic (exact) mass is 458 g/mol. The van der Waals surface area contributed by atoms with E-state index in [1.54, 1.807) is 12.1 Å². The average Bonchev–Trinajstić information content (AvgIpc) is 2.84. The number of aromatic hydroxyl groups is 1. The van der Waals surface area contributed by atoms with Gasteiger partial charge in [0.25, 0.3) is 0 Å². The van der Waals surface area contributed by atoms with Crippen molar-refractivity contribution >= 4 is 26.8 Å². The van der Waals surface area contributed by atoms with Crippen molar-refractivity contribution in [2.45, 2.75) is 0 Å². The molecule has 164 valence electrons. The van der Waals surface area contributed by atoms with Gasteiger partial charge < -0.3 is 5.11 Å². The normalized spacial score (nSPS) is 15.4. The van der Waals surface area contributed by atoms with Crippen molar-refractivity contribution in [2.24, 2.45) is 0 Å². The number of rotatable bonds is 5. The molecule has 0 bridgehead atoms. The zero-order valence-corrected chi connectivity index (χ0v) is 17.7. The molecule has 0 unspecified atom stereocenters. The Morgan fingerprint density at radius 3 is 1.75 bits per heavy atom. The number of fused-ring (bicyclic) bond motifs is 1. The number of nitrogens with zero attached hydrogens (tertiary/aromatic N) is 6. The fourth-order valence-electron chi connectivity index (χ4n) is 2.37. The molecule has 1 aromatic heterocycles. The SMILES string of the molecule is CN(C)[P+](On1nnc2c(O)cccc21)(N(C)C)N(C)C.F[P-](F)(F)(F)(F)F. The van der Waals surface area contributed by atoms with Crippen LogP contribution in [-0.4, -0.2) is 76.6 Å². The molecule has 0 spiro atoms. The Bertz CT molecular complexity index is 794. The van der Waals surface area contributed by atoms with Crippen molar-refractivity contribution in [1.29, 1.82) is 0 Å². The maximum absolute atomic E-state index is 10.7. The first-order valence-corrected chi connectivity index (χ1v) is 11.1. The quantitative estimate of drug-likeness (QED) is 0.529. The van der Waals surface area contributed by atoms with E-state index in [0.29, 0.717) is 11.0 Å². The maximum atomic E-state index is 9.87. The van der Waals surface area contributed by atoms with Crippen molar-refractivity contribution in [3.63, 3.8) is 0 Å². The molecule has 0 radical (unpaired) electrons. The summed E-state index contributed by atoms with van der Waals surface area (Å²) >= 11 is 0. The van der Waals surface area contributed by atoms with Crippen LogP contribution < -0.4 is 4.62 Å². The molecule has 0 saturated heterocycles. The summed E-state index contributed by atoms with van der Waals surface area (Å²) in [6, 6.07) is 5.13. The predicted octanol–water partition coefficient (Wildman–Crippen LogP) is 4.31. The van der Waals surface area contributed by atoms with Crippen LogP contribution in [-0.2, 0) is 0 Å². The summed E-state index contributed by atoms with van der Waals surface area (Å²) in [5.41, 5.74) is 1.05. The van der Waals surface area contributed by atoms with E-state index in [0.717, 1.165) is 0 Å². The van der Waals surface area contributed by atoms with Gasteiger partial charge in [-0.25, -0.2) is 0 Å². The molecular weight excluding hydrogens is 436 g/mol. The van der Waals surface area contributed by atoms with Gasteiger partial charge in [-0.1, -0.05) is 6.07 Å². The van der Waals surface area contributed by atoms with Crippen molar-refractivity contribution in [1.82, 2.24) is 29.2 Å². The molecule has 2 rings (SSSR count). The fraction of sp³-hybridized carbons (Fsp3) is 0.500. The van der Waals surface area contributed by atoms with E-state index in [4.69, 9.17) is 4.62 Å². The molecule has 16 heteroatoms. The molecule has 28 heavy (non-hydrogen) atoms. The molecule has 0 saturated carbocycles. The van der Waals surface area contributed by atoms with Gasteiger partial charge in [-0.3, -0.25) is 0 Å². The molecule has 0 fully saturated rings. The van der Waals surface area contributed by atoms with Gasteiger partial charge in [-0.2, -0.15) is 4.62 Å². The third-order valence-corrected chi connectivity index (χ3v) is 6.68. The molecule has 0 aliphatic carbocycles. The first kappa shape index (κ1) is 24.6. The predicted molar refractivity (Wildman–Crippen MR) is 97.3 cm³/mol. The summed E-state index contributed by atoms with van der Waals surface area (Å²) in [7, 11) is -1.12. The number of aromatic nitrogens is 3. The number of phenolic OH excluding ortho intramolecular Hbond substituents is 1. The third kappa shape index (κ3) is 6.85. The van der Waals surface area contributed by atoms with Crippen molar-refractivity contribution in [2.75, 3.05) is 42.3 Å². The number of hydrogen-bond donors (Lipinski definition) is 1. The van der Waals surface area contributed by atoms with Crippen LogP contribution in [0, 0.1) is 0 Å². The second kappa shape index (κ2) is 7.10. The molecule has 0 aliphatic heterocycles. The van der Waals surface area contributed by atoms with Crippen molar-refractivity contribution < 1.29 is 34.9 Å². The van der Waals surface area contributed by atoms with E-state index in [2.05, 4.69) is 10.3 Å². The van der Waals surface area contributed by atoms with E-state index in [-0.39, 0.29) is 5.75 Å². The Balaban J connectivity index is 0.000000480. The molecule has 0 aliphatic rings. The Kier molecular flexibility index (Phi) is 6.23. The van der Waals surface area contributed by atoms with Gasteiger partial charge in [0.05, 0.1) is 0 Å². The molecule has 1 heterocycles. The van der Waals surface area contributed by atoms with Crippen molar-refractivity contribution in [3.8, 4) is 5.75 Å². The zero-order chi connectivity index (χ0) is 22.2. The summed E-state index contributed by atoms with van der Waals surface area (Å²) < 4.78 is 71.5. The van der Waals surface area contributed by atoms with E-state index in [9.17, 15) is 30.3 Å². The van der Waals surface area contributed by atoms with E-state index >= 15 is 0 Å². The molecule has 0 amide bonds. The molecule has 2 aromatic rings. The summed E-state index contributed by atoms with van der Waals surface area (Å²) in [6.07, 6.45) is 0. The second-order valence-corrected chi connectivity index (χ2v) is 11.7. The van der Waals surface area contributed by atoms with Crippen LogP contribution in [0.5, 0.6) is 5.75 Å². The Morgan fingerprint density at radius 1 is 0.929 bits per heavy atom. The first-order chi connectivity index (χ1) is 12.3. The zero-order valence-electron chi connectivity index (χ0n) is 15.9. The minimum absolute atomic E-state index is 0.0887. The van der Waals surface area contributed by atoms with Crippen LogP contribution in [0.1, 0.15) is 0 Å². The van der Waals surface area contributed by atoms with Gasteiger partial charge in [0.2, 0.25) is 0 Å². The molecular formula is C12H22F6N6O2P2. The van der Waals surface area contributed by atoms with Gasteiger partial charge >= 0.3 is 40.9 Å². The van der Waals surface area contributed by atoms with Gasteiger partial charge in [0.15, 0.2) is 5.52 Å². The van der Waals surface area contributed by atoms with E-state index in [1.165, 1.54) is 4.85 Å². The van der Waals surface area contributed by atoms with Crippen LogP contribution in [0.2, 0.25) is 0 Å². The van der Waals surface area contributed by atoms with Gasteiger partial charge in [0.1, 0.15) is 11.3 Å². The van der Waals surface area contributed by atoms with E-state index in [1.807, 2.05) is 62.4 Å². The summed E-state index contributed by atoms with van der Waals surface area (Å²) in [5.74, 6) is 0.0887. The van der Waals surface area contributed by atoms with Gasteiger partial charge in [-0.15, -0.1) is 19.1 Å². The van der Waals surface area contributed by atoms with Crippen molar-refractivity contribution in [3.05, 3.63) is 18.2 Å². The first-order valence-electron chi connectivity index (χ1n) is 7.48. The second-order valence-electron chi connectivity index (χ2n) is 6.20. The standard InChI is InChI=1S/C12H21N6O2P.F6P/c1-15(2)21(16(3)4,17(5)6)20-18-10-8-7-9-11(19)12(10)13-14-18;1-7(2,3,4,5)6/h7-9H,1-6H3;/q;-1/p+1. The summed E-state index contributed by atoms with van der Waals surface area (Å²) in [4.78, 5) is 1.38. The van der Waals surface area contributed by atoms with Gasteiger partial charge in [0, 0.05) is 42.3 Å². The van der Waals surface area contributed by atoms with Crippen LogP contribution in [0.3, 0.4) is 0 Å². The average molecular weight is 458 g/mol. The summed E-state index contributed by atoms with van der Waals surface area (Å²) in [6.45, 7) is 0. The minimum atomic E-state index is -10.7. The molecule has 0 atom stereocenters. The molecule has 1 aromatic carbocycles. The molecule has 1 N–H and O–H groups in total. The van der Waals surface area contributed by atoms with Gasteiger partial charge in [-0.05, 0) is 22.2 Å². The molecule has 8 nitrogen and oxygen atoms in total. The Morgan fingerprint density at radius 2 is 1.36 bits per heavy atom. The van der Waals surface area contributed by atoms with Crippen LogP contribution in [0.4, 0.5) is 25.2 Å². The third-order valence-electron chi connectivity index (χ3n) is 3.18. The Hall–Kier alpha value is -1.46. The van der Waals surface area contributed by atoms with Crippen LogP contribution in [0.25, 0.3) is 11.0 Å². The van der Waals surface area contributed by atoms with Crippen LogP contribution in [0.15, 0.2) is 18.2 Å². The Labute approximate surface area is 158 Å². The number of benzene rings is 1. The fourth-order valence-corrected chi connectivity index (χ4v) is 5.28. The number of phenols is 1. The summed E-state index contributed by atoms with van der Waals surface area (Å²) in [5, 5.41) is 17.8. The number of hydrogen-bond acceptors (Lipinski definition) is 7. The van der Waals surface area contributed by atoms with Crippen LogP contribution >= 0.6 is 15.8 Å².